The summed E-state index contributed by atoms with van der Waals surface area (Å²) in [7, 11) is 5.48. The van der Waals surface area contributed by atoms with Gasteiger partial charge in [0, 0.05) is 56.4 Å². The molecule has 176 valence electrons. The Balaban J connectivity index is 1.82. The second-order valence-electron chi connectivity index (χ2n) is 7.75. The molecule has 4 aromatic heterocycles. The quantitative estimate of drug-likeness (QED) is 0.334. The molecule has 0 fully saturated rings. The smallest absolute Gasteiger partial charge is 0.248 e. The summed E-state index contributed by atoms with van der Waals surface area (Å²) in [6.07, 6.45) is 8.31. The zero-order valence-electron chi connectivity index (χ0n) is 19.8. The van der Waals surface area contributed by atoms with Gasteiger partial charge in [0.2, 0.25) is 5.91 Å². The maximum atomic E-state index is 12.0. The van der Waals surface area contributed by atoms with Crippen LogP contribution in [0.4, 0.5) is 17.5 Å². The van der Waals surface area contributed by atoms with Gasteiger partial charge in [0.05, 0.1) is 11.9 Å². The monoisotopic (exact) mass is 466 g/mol. The summed E-state index contributed by atoms with van der Waals surface area (Å²) in [6.45, 7) is 7.85. The predicted molar refractivity (Wildman–Crippen MR) is 140 cm³/mol. The first kappa shape index (κ1) is 23.4. The Morgan fingerprint density at radius 3 is 2.51 bits per heavy atom. The molecular weight excluding hydrogens is 440 g/mol. The fourth-order valence-corrected chi connectivity index (χ4v) is 3.60. The summed E-state index contributed by atoms with van der Waals surface area (Å²) in [4.78, 5) is 25.5. The first-order valence-corrected chi connectivity index (χ1v) is 10.9. The third-order valence-electron chi connectivity index (χ3n) is 5.41. The first-order valence-electron chi connectivity index (χ1n) is 10.9. The van der Waals surface area contributed by atoms with Gasteiger partial charge in [0.1, 0.15) is 17.5 Å². The molecule has 0 spiro atoms. The normalized spacial score (nSPS) is 10.5. The molecule has 0 aliphatic carbocycles. The van der Waals surface area contributed by atoms with E-state index in [-0.39, 0.29) is 5.91 Å². The Kier molecular flexibility index (Phi) is 6.68. The maximum Gasteiger partial charge on any atom is 0.248 e. The lowest BCUT2D eigenvalue weighted by atomic mass is 9.97. The number of hydrogen-bond acceptors (Lipinski definition) is 7. The molecule has 0 aliphatic rings. The zero-order chi connectivity index (χ0) is 24.9. The SMILES string of the molecule is C=CC(=O)Nc1cc(-c2cnc(NC)c(C(=C)c3ccnc(NC)c3)c2)cc(-c2cnn(C)c2)n1. The van der Waals surface area contributed by atoms with E-state index < -0.39 is 0 Å². The van der Waals surface area contributed by atoms with E-state index >= 15 is 0 Å². The van der Waals surface area contributed by atoms with Gasteiger partial charge < -0.3 is 16.0 Å². The number of amides is 1. The number of carbonyl (C=O) groups excluding carboxylic acids is 1. The molecule has 0 aromatic carbocycles. The Hall–Kier alpha value is -4.79. The standard InChI is InChI=1S/C26H26N8O/c1-6-25(35)33-24-12-18(10-22(32-24)20-14-31-34(5)15-20)19-9-21(26(28-4)30-13-19)16(2)17-7-8-29-23(11-17)27-3/h6-15H,1-2H2,3-5H3,(H,27,29)(H,28,30)(H,32,33,35). The van der Waals surface area contributed by atoms with Gasteiger partial charge in [0.25, 0.3) is 0 Å². The average molecular weight is 467 g/mol. The Morgan fingerprint density at radius 2 is 1.83 bits per heavy atom. The Labute approximate surface area is 203 Å². The van der Waals surface area contributed by atoms with Crippen LogP contribution in [0.5, 0.6) is 0 Å². The third kappa shape index (κ3) is 5.09. The van der Waals surface area contributed by atoms with Crippen molar-refractivity contribution in [1.29, 1.82) is 0 Å². The predicted octanol–water partition coefficient (Wildman–Crippen LogP) is 4.21. The van der Waals surface area contributed by atoms with Gasteiger partial charge in [-0.1, -0.05) is 13.2 Å². The minimum Gasteiger partial charge on any atom is -0.373 e. The van der Waals surface area contributed by atoms with Gasteiger partial charge in [-0.15, -0.1) is 0 Å². The number of hydrogen-bond donors (Lipinski definition) is 3. The number of aryl methyl sites for hydroxylation is 1. The van der Waals surface area contributed by atoms with Crippen LogP contribution in [0.1, 0.15) is 11.1 Å². The fraction of sp³-hybridized carbons (Fsp3) is 0.115. The van der Waals surface area contributed by atoms with Crippen molar-refractivity contribution in [2.45, 2.75) is 0 Å². The van der Waals surface area contributed by atoms with Crippen molar-refractivity contribution in [2.24, 2.45) is 7.05 Å². The van der Waals surface area contributed by atoms with Crippen molar-refractivity contribution < 1.29 is 4.79 Å². The molecule has 1 amide bonds. The molecule has 3 N–H and O–H groups in total. The second-order valence-corrected chi connectivity index (χ2v) is 7.75. The number of anilines is 3. The molecule has 0 saturated carbocycles. The topological polar surface area (TPSA) is 110 Å². The highest BCUT2D eigenvalue weighted by Crippen LogP contribution is 2.33. The van der Waals surface area contributed by atoms with E-state index in [2.05, 4.69) is 49.2 Å². The maximum absolute atomic E-state index is 12.0. The van der Waals surface area contributed by atoms with E-state index in [9.17, 15) is 4.79 Å². The van der Waals surface area contributed by atoms with Gasteiger partial charge in [-0.2, -0.15) is 5.10 Å². The Bertz CT molecular complexity index is 1420. The van der Waals surface area contributed by atoms with Crippen LogP contribution in [0.15, 0.2) is 74.4 Å². The van der Waals surface area contributed by atoms with Crippen molar-refractivity contribution >= 4 is 28.9 Å². The third-order valence-corrected chi connectivity index (χ3v) is 5.41. The number of rotatable bonds is 8. The van der Waals surface area contributed by atoms with E-state index in [4.69, 9.17) is 0 Å². The lowest BCUT2D eigenvalue weighted by Gasteiger charge is -2.15. The summed E-state index contributed by atoms with van der Waals surface area (Å²) in [5.74, 6) is 1.50. The van der Waals surface area contributed by atoms with E-state index in [1.165, 1.54) is 6.08 Å². The van der Waals surface area contributed by atoms with Gasteiger partial charge in [-0.3, -0.25) is 9.48 Å². The molecule has 4 rings (SSSR count). The van der Waals surface area contributed by atoms with Crippen LogP contribution in [0, 0.1) is 0 Å². The van der Waals surface area contributed by atoms with Crippen molar-refractivity contribution in [3.8, 4) is 22.4 Å². The number of aromatic nitrogens is 5. The van der Waals surface area contributed by atoms with E-state index in [0.717, 1.165) is 39.2 Å². The second kappa shape index (κ2) is 10.0. The molecule has 0 saturated heterocycles. The van der Waals surface area contributed by atoms with Crippen molar-refractivity contribution in [3.05, 3.63) is 85.5 Å². The van der Waals surface area contributed by atoms with Gasteiger partial charge in [-0.05, 0) is 53.1 Å². The summed E-state index contributed by atoms with van der Waals surface area (Å²) >= 11 is 0. The number of nitrogens with zero attached hydrogens (tertiary/aromatic N) is 5. The fourth-order valence-electron chi connectivity index (χ4n) is 3.60. The molecule has 0 bridgehead atoms. The van der Waals surface area contributed by atoms with Crippen LogP contribution in [0.2, 0.25) is 0 Å². The molecule has 0 unspecified atom stereocenters. The van der Waals surface area contributed by atoms with Gasteiger partial charge >= 0.3 is 0 Å². The van der Waals surface area contributed by atoms with Gasteiger partial charge in [0.15, 0.2) is 0 Å². The molecule has 4 heterocycles. The van der Waals surface area contributed by atoms with Crippen LogP contribution >= 0.6 is 0 Å². The van der Waals surface area contributed by atoms with Crippen LogP contribution < -0.4 is 16.0 Å². The summed E-state index contributed by atoms with van der Waals surface area (Å²) in [5, 5.41) is 13.2. The number of nitrogens with one attached hydrogen (secondary N) is 3. The van der Waals surface area contributed by atoms with E-state index in [1.54, 1.807) is 29.3 Å². The highest BCUT2D eigenvalue weighted by Gasteiger charge is 2.15. The average Bonchev–Trinajstić information content (AvgIpc) is 3.33. The molecule has 9 nitrogen and oxygen atoms in total. The molecule has 0 radical (unpaired) electrons. The molecule has 4 aromatic rings. The molecular formula is C26H26N8O. The summed E-state index contributed by atoms with van der Waals surface area (Å²) in [5.41, 5.74) is 5.71. The zero-order valence-corrected chi connectivity index (χ0v) is 19.8. The highest BCUT2D eigenvalue weighted by atomic mass is 16.1. The molecule has 35 heavy (non-hydrogen) atoms. The minimum atomic E-state index is -0.345. The van der Waals surface area contributed by atoms with Crippen LogP contribution in [0.3, 0.4) is 0 Å². The van der Waals surface area contributed by atoms with Crippen LogP contribution in [-0.2, 0) is 11.8 Å². The van der Waals surface area contributed by atoms with Crippen molar-refractivity contribution in [1.82, 2.24) is 24.7 Å². The number of pyridine rings is 3. The molecule has 0 aliphatic heterocycles. The minimum absolute atomic E-state index is 0.345. The van der Waals surface area contributed by atoms with E-state index in [1.807, 2.05) is 51.6 Å². The summed E-state index contributed by atoms with van der Waals surface area (Å²) in [6, 6.07) is 9.60. The van der Waals surface area contributed by atoms with E-state index in [0.29, 0.717) is 17.3 Å². The first-order chi connectivity index (χ1) is 16.9. The van der Waals surface area contributed by atoms with Crippen molar-refractivity contribution in [2.75, 3.05) is 30.0 Å². The van der Waals surface area contributed by atoms with Crippen LogP contribution in [0.25, 0.3) is 28.0 Å². The lowest BCUT2D eigenvalue weighted by molar-refractivity contribution is -0.111. The van der Waals surface area contributed by atoms with Crippen molar-refractivity contribution in [3.63, 3.8) is 0 Å². The molecule has 9 heteroatoms. The Morgan fingerprint density at radius 1 is 1.00 bits per heavy atom. The lowest BCUT2D eigenvalue weighted by Crippen LogP contribution is -2.09. The molecule has 0 atom stereocenters. The highest BCUT2D eigenvalue weighted by molar-refractivity contribution is 5.99. The number of carbonyl (C=O) groups is 1. The summed E-state index contributed by atoms with van der Waals surface area (Å²) < 4.78 is 1.70. The van der Waals surface area contributed by atoms with Gasteiger partial charge in [-0.25, -0.2) is 15.0 Å². The largest absolute Gasteiger partial charge is 0.373 e. The van der Waals surface area contributed by atoms with Crippen LogP contribution in [-0.4, -0.2) is 44.7 Å².